The molecule has 0 N–H and O–H groups in total. The molecule has 0 atom stereocenters. The minimum Gasteiger partial charge on any atom is -0.494 e. The number of piperidine rings is 1. The number of rotatable bonds is 6. The number of anilines is 2. The molecule has 2 aromatic carbocycles. The van der Waals surface area contributed by atoms with Crippen LogP contribution in [0.4, 0.5) is 17.1 Å². The molecule has 4 rings (SSSR count). The monoisotopic (exact) mass is 438 g/mol. The van der Waals surface area contributed by atoms with E-state index in [4.69, 9.17) is 4.74 Å². The van der Waals surface area contributed by atoms with Crippen molar-refractivity contribution in [3.8, 4) is 5.75 Å². The van der Waals surface area contributed by atoms with Gasteiger partial charge in [0, 0.05) is 56.6 Å². The van der Waals surface area contributed by atoms with E-state index in [1.165, 1.54) is 6.42 Å². The maximum atomic E-state index is 12.9. The van der Waals surface area contributed by atoms with Crippen LogP contribution in [0.2, 0.25) is 0 Å². The third-order valence-corrected chi connectivity index (χ3v) is 6.20. The van der Waals surface area contributed by atoms with E-state index < -0.39 is 0 Å². The molecule has 8 nitrogen and oxygen atoms in total. The lowest BCUT2D eigenvalue weighted by Crippen LogP contribution is -2.48. The molecule has 0 aliphatic carbocycles. The quantitative estimate of drug-likeness (QED) is 0.502. The van der Waals surface area contributed by atoms with Gasteiger partial charge in [-0.05, 0) is 62.6 Å². The van der Waals surface area contributed by atoms with E-state index in [1.807, 2.05) is 36.1 Å². The molecule has 2 aliphatic rings. The summed E-state index contributed by atoms with van der Waals surface area (Å²) in [4.78, 5) is 30.4. The molecule has 0 unspecified atom stereocenters. The molecule has 0 aromatic heterocycles. The van der Waals surface area contributed by atoms with Crippen molar-refractivity contribution in [2.45, 2.75) is 26.2 Å². The Balaban J connectivity index is 1.43. The Hall–Kier alpha value is -3.29. The number of ether oxygens (including phenoxy) is 1. The summed E-state index contributed by atoms with van der Waals surface area (Å²) in [5.74, 6) is 0.780. The van der Waals surface area contributed by atoms with Gasteiger partial charge in [0.15, 0.2) is 0 Å². The Morgan fingerprint density at radius 1 is 0.938 bits per heavy atom. The van der Waals surface area contributed by atoms with Gasteiger partial charge in [0.1, 0.15) is 11.4 Å². The fourth-order valence-electron chi connectivity index (χ4n) is 4.46. The summed E-state index contributed by atoms with van der Waals surface area (Å²) in [7, 11) is 0. The number of carbonyl (C=O) groups excluding carboxylic acids is 1. The Morgan fingerprint density at radius 2 is 1.62 bits per heavy atom. The summed E-state index contributed by atoms with van der Waals surface area (Å²) in [5, 5.41) is 11.6. The van der Waals surface area contributed by atoms with E-state index in [0.29, 0.717) is 44.0 Å². The predicted octanol–water partition coefficient (Wildman–Crippen LogP) is 3.95. The average molecular weight is 439 g/mol. The molecule has 0 spiro atoms. The molecule has 2 aromatic rings. The molecule has 0 bridgehead atoms. The van der Waals surface area contributed by atoms with Gasteiger partial charge in [-0.2, -0.15) is 0 Å². The molecule has 0 saturated carbocycles. The van der Waals surface area contributed by atoms with Crippen molar-refractivity contribution in [3.63, 3.8) is 0 Å². The van der Waals surface area contributed by atoms with Crippen LogP contribution >= 0.6 is 0 Å². The minimum absolute atomic E-state index is 0.0189. The fraction of sp³-hybridized carbons (Fsp3) is 0.458. The summed E-state index contributed by atoms with van der Waals surface area (Å²) in [6, 6.07) is 12.7. The molecule has 8 heteroatoms. The predicted molar refractivity (Wildman–Crippen MR) is 125 cm³/mol. The van der Waals surface area contributed by atoms with Crippen molar-refractivity contribution in [2.75, 3.05) is 55.7 Å². The zero-order valence-corrected chi connectivity index (χ0v) is 18.5. The van der Waals surface area contributed by atoms with E-state index >= 15 is 0 Å². The lowest BCUT2D eigenvalue weighted by molar-refractivity contribution is -0.384. The standard InChI is InChI=1S/C24H30N4O4/c1-2-32-21-9-6-19(7-10-21)24(29)27-16-14-25(15-17-27)20-8-11-22(28(30)31)23(18-20)26-12-4-3-5-13-26/h6-11,18H,2-5,12-17H2,1H3. The molecule has 2 aliphatic heterocycles. The third kappa shape index (κ3) is 4.79. The van der Waals surface area contributed by atoms with Gasteiger partial charge in [-0.15, -0.1) is 0 Å². The molecule has 2 saturated heterocycles. The van der Waals surface area contributed by atoms with Crippen LogP contribution in [-0.4, -0.2) is 61.6 Å². The Kier molecular flexibility index (Phi) is 6.78. The molecule has 32 heavy (non-hydrogen) atoms. The molecule has 2 heterocycles. The van der Waals surface area contributed by atoms with Gasteiger partial charge in [-0.1, -0.05) is 0 Å². The van der Waals surface area contributed by atoms with Crippen LogP contribution in [0.1, 0.15) is 36.5 Å². The summed E-state index contributed by atoms with van der Waals surface area (Å²) in [6.07, 6.45) is 3.30. The number of piperazine rings is 1. The highest BCUT2D eigenvalue weighted by atomic mass is 16.6. The summed E-state index contributed by atoms with van der Waals surface area (Å²) in [5.41, 5.74) is 2.51. The first-order valence-electron chi connectivity index (χ1n) is 11.4. The van der Waals surface area contributed by atoms with E-state index in [2.05, 4.69) is 9.80 Å². The highest BCUT2D eigenvalue weighted by molar-refractivity contribution is 5.94. The maximum Gasteiger partial charge on any atom is 0.292 e. The second-order valence-corrected chi connectivity index (χ2v) is 8.21. The van der Waals surface area contributed by atoms with E-state index in [9.17, 15) is 14.9 Å². The van der Waals surface area contributed by atoms with E-state index in [1.54, 1.807) is 18.2 Å². The van der Waals surface area contributed by atoms with Crippen molar-refractivity contribution >= 4 is 23.0 Å². The van der Waals surface area contributed by atoms with Crippen LogP contribution in [0.25, 0.3) is 0 Å². The number of benzene rings is 2. The third-order valence-electron chi connectivity index (χ3n) is 6.20. The lowest BCUT2D eigenvalue weighted by Gasteiger charge is -2.37. The normalized spacial score (nSPS) is 16.7. The van der Waals surface area contributed by atoms with Gasteiger partial charge in [0.25, 0.3) is 11.6 Å². The van der Waals surface area contributed by atoms with E-state index in [0.717, 1.165) is 37.4 Å². The van der Waals surface area contributed by atoms with Crippen molar-refractivity contribution in [2.24, 2.45) is 0 Å². The molecular weight excluding hydrogens is 408 g/mol. The Morgan fingerprint density at radius 3 is 2.25 bits per heavy atom. The van der Waals surface area contributed by atoms with Gasteiger partial charge >= 0.3 is 0 Å². The molecule has 1 amide bonds. The largest absolute Gasteiger partial charge is 0.494 e. The van der Waals surface area contributed by atoms with Gasteiger partial charge in [-0.25, -0.2) is 0 Å². The number of nitro groups is 1. The molecule has 0 radical (unpaired) electrons. The SMILES string of the molecule is CCOc1ccc(C(=O)N2CCN(c3ccc([N+](=O)[O-])c(N4CCCCC4)c3)CC2)cc1. The lowest BCUT2D eigenvalue weighted by atomic mass is 10.1. The van der Waals surface area contributed by atoms with Gasteiger partial charge < -0.3 is 19.4 Å². The van der Waals surface area contributed by atoms with Crippen molar-refractivity contribution in [1.29, 1.82) is 0 Å². The number of nitrogens with zero attached hydrogens (tertiary/aromatic N) is 4. The highest BCUT2D eigenvalue weighted by Crippen LogP contribution is 2.34. The maximum absolute atomic E-state index is 12.9. The first kappa shape index (κ1) is 21.9. The van der Waals surface area contributed by atoms with Crippen molar-refractivity contribution in [1.82, 2.24) is 4.90 Å². The fourth-order valence-corrected chi connectivity index (χ4v) is 4.46. The first-order chi connectivity index (χ1) is 15.6. The zero-order valence-electron chi connectivity index (χ0n) is 18.5. The number of nitro benzene ring substituents is 1. The second kappa shape index (κ2) is 9.89. The first-order valence-corrected chi connectivity index (χ1v) is 11.4. The van der Waals surface area contributed by atoms with Crippen molar-refractivity contribution in [3.05, 3.63) is 58.1 Å². The molecule has 170 valence electrons. The highest BCUT2D eigenvalue weighted by Gasteiger charge is 2.26. The number of amides is 1. The van der Waals surface area contributed by atoms with Crippen LogP contribution in [0.15, 0.2) is 42.5 Å². The van der Waals surface area contributed by atoms with Crippen molar-refractivity contribution < 1.29 is 14.5 Å². The summed E-state index contributed by atoms with van der Waals surface area (Å²) in [6.45, 7) is 6.85. The summed E-state index contributed by atoms with van der Waals surface area (Å²) < 4.78 is 5.45. The minimum atomic E-state index is -0.291. The average Bonchev–Trinajstić information content (AvgIpc) is 2.84. The number of carbonyl (C=O) groups is 1. The van der Waals surface area contributed by atoms with Crippen LogP contribution in [0, 0.1) is 10.1 Å². The Bertz CT molecular complexity index is 949. The topological polar surface area (TPSA) is 79.2 Å². The molecule has 2 fully saturated rings. The Labute approximate surface area is 188 Å². The molecular formula is C24H30N4O4. The van der Waals surface area contributed by atoms with Crippen LogP contribution in [0.3, 0.4) is 0 Å². The van der Waals surface area contributed by atoms with Crippen LogP contribution in [0.5, 0.6) is 5.75 Å². The zero-order chi connectivity index (χ0) is 22.5. The number of hydrogen-bond donors (Lipinski definition) is 0. The van der Waals surface area contributed by atoms with Gasteiger partial charge in [0.2, 0.25) is 0 Å². The van der Waals surface area contributed by atoms with E-state index in [-0.39, 0.29) is 16.5 Å². The van der Waals surface area contributed by atoms with Crippen LogP contribution < -0.4 is 14.5 Å². The van der Waals surface area contributed by atoms with Crippen LogP contribution in [-0.2, 0) is 0 Å². The second-order valence-electron chi connectivity index (χ2n) is 8.21. The number of hydrogen-bond acceptors (Lipinski definition) is 6. The smallest absolute Gasteiger partial charge is 0.292 e. The van der Waals surface area contributed by atoms with Gasteiger partial charge in [0.05, 0.1) is 11.5 Å². The van der Waals surface area contributed by atoms with Gasteiger partial charge in [-0.3, -0.25) is 14.9 Å². The summed E-state index contributed by atoms with van der Waals surface area (Å²) >= 11 is 0.